The van der Waals surface area contributed by atoms with Gasteiger partial charge in [-0.15, -0.1) is 0 Å². The fraction of sp³-hybridized carbons (Fsp3) is 0.292. The third-order valence-electron chi connectivity index (χ3n) is 6.83. The van der Waals surface area contributed by atoms with Crippen LogP contribution in [0.1, 0.15) is 12.0 Å². The number of fused-ring (bicyclic) bond motifs is 3. The first kappa shape index (κ1) is 19.2. The number of benzene rings is 2. The molecule has 0 saturated carbocycles. The molecule has 2 aromatic heterocycles. The van der Waals surface area contributed by atoms with Gasteiger partial charge in [-0.3, -0.25) is 14.8 Å². The Morgan fingerprint density at radius 3 is 2.59 bits per heavy atom. The Labute approximate surface area is 184 Å². The second kappa shape index (κ2) is 7.00. The number of nitrogens with one attached hydrogen (secondary N) is 1. The van der Waals surface area contributed by atoms with Crippen LogP contribution in [-0.2, 0) is 0 Å². The van der Waals surface area contributed by atoms with Crippen molar-refractivity contribution < 1.29 is 4.39 Å². The highest BCUT2D eigenvalue weighted by Crippen LogP contribution is 2.35. The molecular formula is C24H23FN6O. The number of para-hydroxylation sites is 1. The molecule has 1 N–H and O–H groups in total. The quantitative estimate of drug-likeness (QED) is 0.541. The lowest BCUT2D eigenvalue weighted by atomic mass is 10.1. The molecule has 6 rings (SSSR count). The number of piperazine rings is 1. The number of nitrogens with zero attached hydrogens (tertiary/aromatic N) is 5. The van der Waals surface area contributed by atoms with Crippen molar-refractivity contribution in [2.24, 2.45) is 0 Å². The molecule has 2 aromatic carbocycles. The second-order valence-electron chi connectivity index (χ2n) is 8.82. The molecule has 32 heavy (non-hydrogen) atoms. The molecule has 0 spiro atoms. The molecule has 2 atom stereocenters. The number of likely N-dealkylation sites (N-methyl/N-ethyl adjacent to an activating group) is 1. The summed E-state index contributed by atoms with van der Waals surface area (Å²) < 4.78 is 15.6. The van der Waals surface area contributed by atoms with Gasteiger partial charge in [0.2, 0.25) is 0 Å². The molecule has 2 fully saturated rings. The smallest absolute Gasteiger partial charge is 0.273 e. The van der Waals surface area contributed by atoms with Gasteiger partial charge in [0.05, 0.1) is 5.52 Å². The Balaban J connectivity index is 1.39. The number of H-pyrrole nitrogens is 1. The van der Waals surface area contributed by atoms with E-state index in [1.807, 2.05) is 12.1 Å². The number of likely N-dealkylation sites (tertiary alicyclic amines) is 1. The minimum atomic E-state index is -0.487. The molecule has 2 bridgehead atoms. The summed E-state index contributed by atoms with van der Waals surface area (Å²) in [5, 5.41) is 11.8. The van der Waals surface area contributed by atoms with Crippen LogP contribution in [0.4, 0.5) is 10.1 Å². The lowest BCUT2D eigenvalue weighted by Gasteiger charge is -2.33. The average molecular weight is 430 g/mol. The molecule has 2 saturated heterocycles. The minimum absolute atomic E-state index is 0.163. The predicted molar refractivity (Wildman–Crippen MR) is 122 cm³/mol. The number of hydrogen-bond donors (Lipinski definition) is 1. The molecular weight excluding hydrogens is 407 g/mol. The van der Waals surface area contributed by atoms with E-state index in [9.17, 15) is 9.18 Å². The Bertz CT molecular complexity index is 1370. The first-order valence-electron chi connectivity index (χ1n) is 10.8. The molecule has 4 aromatic rings. The SMILES string of the molecule is Cc1cccc(F)c1-n1nc2c(-c3ccc(N4C[C@@H]5C[C@H]4CN5C)cc3)n[nH]c2cc1=O. The van der Waals surface area contributed by atoms with E-state index in [0.717, 1.165) is 23.3 Å². The van der Waals surface area contributed by atoms with Crippen LogP contribution in [0.3, 0.4) is 0 Å². The van der Waals surface area contributed by atoms with Crippen LogP contribution in [0.5, 0.6) is 0 Å². The highest BCUT2D eigenvalue weighted by Gasteiger charge is 2.41. The average Bonchev–Trinajstić information content (AvgIpc) is 3.47. The van der Waals surface area contributed by atoms with E-state index in [1.54, 1.807) is 19.1 Å². The summed E-state index contributed by atoms with van der Waals surface area (Å²) in [6, 6.07) is 15.6. The number of halogens is 1. The van der Waals surface area contributed by atoms with Crippen molar-refractivity contribution in [1.82, 2.24) is 24.9 Å². The first-order chi connectivity index (χ1) is 15.5. The lowest BCUT2D eigenvalue weighted by Crippen LogP contribution is -2.44. The predicted octanol–water partition coefficient (Wildman–Crippen LogP) is 3.12. The lowest BCUT2D eigenvalue weighted by molar-refractivity contribution is 0.292. The molecule has 7 nitrogen and oxygen atoms in total. The summed E-state index contributed by atoms with van der Waals surface area (Å²) in [6.45, 7) is 3.92. The molecule has 0 amide bonds. The summed E-state index contributed by atoms with van der Waals surface area (Å²) in [5.41, 5.74) is 4.18. The molecule has 0 unspecified atom stereocenters. The van der Waals surface area contributed by atoms with Crippen LogP contribution in [0.15, 0.2) is 53.3 Å². The normalized spacial score (nSPS) is 20.5. The molecule has 162 valence electrons. The summed E-state index contributed by atoms with van der Waals surface area (Å²) in [6.07, 6.45) is 1.22. The van der Waals surface area contributed by atoms with E-state index >= 15 is 0 Å². The van der Waals surface area contributed by atoms with Crippen LogP contribution in [0, 0.1) is 12.7 Å². The van der Waals surface area contributed by atoms with Crippen molar-refractivity contribution in [2.75, 3.05) is 25.0 Å². The summed E-state index contributed by atoms with van der Waals surface area (Å²) in [4.78, 5) is 17.6. The summed E-state index contributed by atoms with van der Waals surface area (Å²) in [5.74, 6) is -0.487. The van der Waals surface area contributed by atoms with Crippen molar-refractivity contribution in [1.29, 1.82) is 0 Å². The zero-order chi connectivity index (χ0) is 22.0. The maximum Gasteiger partial charge on any atom is 0.273 e. The van der Waals surface area contributed by atoms with E-state index in [2.05, 4.69) is 44.3 Å². The van der Waals surface area contributed by atoms with Gasteiger partial charge in [-0.1, -0.05) is 24.3 Å². The zero-order valence-corrected chi connectivity index (χ0v) is 17.9. The van der Waals surface area contributed by atoms with Gasteiger partial charge in [-0.05, 0) is 44.2 Å². The standard InChI is InChI=1S/C24H23FN6O/c1-14-4-3-5-19(25)24(14)31-21(32)11-20-23(28-31)22(27-26-20)15-6-8-16(9-7-15)30-13-17-10-18(30)12-29(17)2/h3-9,11,17-18,26H,10,12-13H2,1-2H3/t17-,18-/m0/s1. The zero-order valence-electron chi connectivity index (χ0n) is 17.9. The van der Waals surface area contributed by atoms with Gasteiger partial charge in [-0.2, -0.15) is 14.9 Å². The Morgan fingerprint density at radius 2 is 1.91 bits per heavy atom. The van der Waals surface area contributed by atoms with Gasteiger partial charge in [0.25, 0.3) is 5.56 Å². The molecule has 0 radical (unpaired) electrons. The van der Waals surface area contributed by atoms with Crippen molar-refractivity contribution in [2.45, 2.75) is 25.4 Å². The highest BCUT2D eigenvalue weighted by atomic mass is 19.1. The van der Waals surface area contributed by atoms with Crippen molar-refractivity contribution in [3.8, 4) is 16.9 Å². The Morgan fingerprint density at radius 1 is 1.09 bits per heavy atom. The number of aromatic amines is 1. The fourth-order valence-electron chi connectivity index (χ4n) is 5.13. The van der Waals surface area contributed by atoms with E-state index in [-0.39, 0.29) is 5.69 Å². The monoisotopic (exact) mass is 430 g/mol. The van der Waals surface area contributed by atoms with Gasteiger partial charge in [-0.25, -0.2) is 4.39 Å². The molecule has 2 aliphatic rings. The Kier molecular flexibility index (Phi) is 4.19. The first-order valence-corrected chi connectivity index (χ1v) is 10.8. The van der Waals surface area contributed by atoms with Crippen LogP contribution >= 0.6 is 0 Å². The maximum absolute atomic E-state index is 14.5. The number of rotatable bonds is 3. The molecule has 2 aliphatic heterocycles. The van der Waals surface area contributed by atoms with Crippen molar-refractivity contribution in [3.05, 3.63) is 70.3 Å². The molecule has 4 heterocycles. The van der Waals surface area contributed by atoms with Gasteiger partial charge in [0.1, 0.15) is 22.7 Å². The topological polar surface area (TPSA) is 70.1 Å². The van der Waals surface area contributed by atoms with Crippen molar-refractivity contribution >= 4 is 16.7 Å². The molecule has 0 aliphatic carbocycles. The van der Waals surface area contributed by atoms with Crippen LogP contribution in [0.25, 0.3) is 28.0 Å². The van der Waals surface area contributed by atoms with E-state index in [0.29, 0.717) is 34.4 Å². The van der Waals surface area contributed by atoms with Gasteiger partial charge in [0, 0.05) is 42.5 Å². The number of aromatic nitrogens is 4. The van der Waals surface area contributed by atoms with E-state index in [4.69, 9.17) is 0 Å². The highest BCUT2D eigenvalue weighted by molar-refractivity contribution is 5.89. The van der Waals surface area contributed by atoms with E-state index < -0.39 is 11.4 Å². The van der Waals surface area contributed by atoms with Crippen LogP contribution < -0.4 is 10.5 Å². The fourth-order valence-corrected chi connectivity index (χ4v) is 5.13. The minimum Gasteiger partial charge on any atom is -0.366 e. The third kappa shape index (κ3) is 2.86. The largest absolute Gasteiger partial charge is 0.366 e. The number of anilines is 1. The number of aryl methyl sites for hydroxylation is 1. The summed E-state index contributed by atoms with van der Waals surface area (Å²) >= 11 is 0. The second-order valence-corrected chi connectivity index (χ2v) is 8.82. The Hall–Kier alpha value is -3.52. The van der Waals surface area contributed by atoms with Gasteiger partial charge < -0.3 is 4.90 Å². The van der Waals surface area contributed by atoms with Gasteiger partial charge >= 0.3 is 0 Å². The third-order valence-corrected chi connectivity index (χ3v) is 6.83. The summed E-state index contributed by atoms with van der Waals surface area (Å²) in [7, 11) is 2.20. The van der Waals surface area contributed by atoms with Crippen LogP contribution in [-0.4, -0.2) is 57.1 Å². The van der Waals surface area contributed by atoms with Crippen LogP contribution in [0.2, 0.25) is 0 Å². The van der Waals surface area contributed by atoms with Crippen molar-refractivity contribution in [3.63, 3.8) is 0 Å². The molecule has 8 heteroatoms. The number of hydrogen-bond acceptors (Lipinski definition) is 5. The maximum atomic E-state index is 14.5. The van der Waals surface area contributed by atoms with Gasteiger partial charge in [0.15, 0.2) is 0 Å². The van der Waals surface area contributed by atoms with E-state index in [1.165, 1.54) is 24.2 Å².